The quantitative estimate of drug-likeness (QED) is 0.721. The second-order valence-corrected chi connectivity index (χ2v) is 6.13. The molecule has 0 spiro atoms. The average Bonchev–Trinajstić information content (AvgIpc) is 2.60. The van der Waals surface area contributed by atoms with Crippen molar-refractivity contribution in [2.24, 2.45) is 0 Å². The van der Waals surface area contributed by atoms with Gasteiger partial charge in [-0.15, -0.1) is 0 Å². The normalized spacial score (nSPS) is 27.9. The van der Waals surface area contributed by atoms with Gasteiger partial charge in [0.25, 0.3) is 0 Å². The van der Waals surface area contributed by atoms with Gasteiger partial charge in [0, 0.05) is 13.7 Å². The molecule has 1 fully saturated rings. The molecule has 16 heavy (non-hydrogen) atoms. The van der Waals surface area contributed by atoms with Gasteiger partial charge in [0.2, 0.25) is 0 Å². The zero-order valence-electron chi connectivity index (χ0n) is 9.25. The second-order valence-electron chi connectivity index (χ2n) is 3.77. The number of hydrogen-bond acceptors (Lipinski definition) is 5. The first-order valence-electron chi connectivity index (χ1n) is 4.97. The summed E-state index contributed by atoms with van der Waals surface area (Å²) in [5.41, 5.74) is 0. The summed E-state index contributed by atoms with van der Waals surface area (Å²) in [6.45, 7) is 1.66. The monoisotopic (exact) mass is 252 g/mol. The predicted octanol–water partition coefficient (Wildman–Crippen LogP) is -0.322. The van der Waals surface area contributed by atoms with Crippen molar-refractivity contribution in [2.75, 3.05) is 20.3 Å². The Bertz CT molecular complexity index is 349. The maximum atomic E-state index is 12.0. The van der Waals surface area contributed by atoms with Crippen LogP contribution in [0.15, 0.2) is 0 Å². The van der Waals surface area contributed by atoms with Crippen LogP contribution in [0.4, 0.5) is 0 Å². The SMILES string of the molecule is COCC(C(=O)O)S(=O)(=O)C1CCOC1C. The predicted molar refractivity (Wildman–Crippen MR) is 56.0 cm³/mol. The van der Waals surface area contributed by atoms with Gasteiger partial charge in [-0.05, 0) is 13.3 Å². The molecule has 1 aliphatic rings. The first-order valence-corrected chi connectivity index (χ1v) is 6.58. The fourth-order valence-electron chi connectivity index (χ4n) is 1.81. The molecule has 7 heteroatoms. The van der Waals surface area contributed by atoms with Crippen molar-refractivity contribution in [1.29, 1.82) is 0 Å². The Morgan fingerprint density at radius 1 is 1.62 bits per heavy atom. The third kappa shape index (κ3) is 2.53. The molecule has 94 valence electrons. The van der Waals surface area contributed by atoms with Gasteiger partial charge < -0.3 is 14.6 Å². The maximum Gasteiger partial charge on any atom is 0.324 e. The molecule has 1 heterocycles. The highest BCUT2D eigenvalue weighted by atomic mass is 32.2. The van der Waals surface area contributed by atoms with E-state index in [0.29, 0.717) is 13.0 Å². The van der Waals surface area contributed by atoms with Crippen molar-refractivity contribution in [1.82, 2.24) is 0 Å². The fraction of sp³-hybridized carbons (Fsp3) is 0.889. The van der Waals surface area contributed by atoms with Gasteiger partial charge in [-0.25, -0.2) is 8.42 Å². The number of sulfone groups is 1. The van der Waals surface area contributed by atoms with E-state index < -0.39 is 32.4 Å². The van der Waals surface area contributed by atoms with E-state index in [-0.39, 0.29) is 6.61 Å². The van der Waals surface area contributed by atoms with Crippen molar-refractivity contribution in [3.63, 3.8) is 0 Å². The average molecular weight is 252 g/mol. The van der Waals surface area contributed by atoms with E-state index in [1.165, 1.54) is 7.11 Å². The summed E-state index contributed by atoms with van der Waals surface area (Å²) in [6.07, 6.45) is -0.111. The van der Waals surface area contributed by atoms with Crippen LogP contribution in [-0.4, -0.2) is 56.4 Å². The number of aliphatic carboxylic acids is 1. The van der Waals surface area contributed by atoms with Crippen LogP contribution >= 0.6 is 0 Å². The lowest BCUT2D eigenvalue weighted by Gasteiger charge is -2.19. The largest absolute Gasteiger partial charge is 0.480 e. The Morgan fingerprint density at radius 2 is 2.25 bits per heavy atom. The molecule has 0 aromatic rings. The van der Waals surface area contributed by atoms with Gasteiger partial charge >= 0.3 is 5.97 Å². The van der Waals surface area contributed by atoms with Gasteiger partial charge in [-0.3, -0.25) is 4.79 Å². The standard InChI is InChI=1S/C9H16O6S/c1-6-7(3-4-15-6)16(12,13)8(5-14-2)9(10)11/h6-8H,3-5H2,1-2H3,(H,10,11). The van der Waals surface area contributed by atoms with Crippen molar-refractivity contribution in [3.05, 3.63) is 0 Å². The topological polar surface area (TPSA) is 89.9 Å². The number of methoxy groups -OCH3 is 1. The van der Waals surface area contributed by atoms with Crippen LogP contribution in [-0.2, 0) is 24.1 Å². The molecule has 0 saturated carbocycles. The molecule has 0 radical (unpaired) electrons. The summed E-state index contributed by atoms with van der Waals surface area (Å²) < 4.78 is 33.9. The molecule has 1 rings (SSSR count). The Labute approximate surface area is 94.5 Å². The summed E-state index contributed by atoms with van der Waals surface area (Å²) in [5, 5.41) is 6.63. The first-order chi connectivity index (χ1) is 7.41. The van der Waals surface area contributed by atoms with E-state index in [4.69, 9.17) is 9.84 Å². The molecule has 0 aromatic heterocycles. The molecular formula is C9H16O6S. The highest BCUT2D eigenvalue weighted by molar-refractivity contribution is 7.93. The fourth-order valence-corrected chi connectivity index (χ4v) is 3.88. The van der Waals surface area contributed by atoms with E-state index in [0.717, 1.165) is 0 Å². The molecule has 0 amide bonds. The Morgan fingerprint density at radius 3 is 2.62 bits per heavy atom. The van der Waals surface area contributed by atoms with Crippen LogP contribution < -0.4 is 0 Å². The van der Waals surface area contributed by atoms with Gasteiger partial charge in [0.05, 0.1) is 18.0 Å². The molecule has 1 saturated heterocycles. The van der Waals surface area contributed by atoms with Crippen molar-refractivity contribution >= 4 is 15.8 Å². The Kier molecular flexibility index (Phi) is 4.28. The molecule has 3 unspecified atom stereocenters. The van der Waals surface area contributed by atoms with Crippen LogP contribution in [0.5, 0.6) is 0 Å². The van der Waals surface area contributed by atoms with E-state index in [2.05, 4.69) is 4.74 Å². The molecule has 1 N–H and O–H groups in total. The van der Waals surface area contributed by atoms with Crippen LogP contribution in [0.3, 0.4) is 0 Å². The number of rotatable bonds is 5. The molecule has 3 atom stereocenters. The third-order valence-corrected chi connectivity index (χ3v) is 5.31. The van der Waals surface area contributed by atoms with E-state index in [1.54, 1.807) is 6.92 Å². The minimum absolute atomic E-state index is 0.332. The van der Waals surface area contributed by atoms with Gasteiger partial charge in [0.1, 0.15) is 0 Å². The van der Waals surface area contributed by atoms with Crippen LogP contribution in [0, 0.1) is 0 Å². The summed E-state index contributed by atoms with van der Waals surface area (Å²) in [7, 11) is -2.48. The van der Waals surface area contributed by atoms with Gasteiger partial charge in [0.15, 0.2) is 15.1 Å². The van der Waals surface area contributed by atoms with Crippen molar-refractivity contribution in [3.8, 4) is 0 Å². The molecule has 0 aliphatic carbocycles. The lowest BCUT2D eigenvalue weighted by atomic mass is 10.3. The Hall–Kier alpha value is -0.660. The summed E-state index contributed by atoms with van der Waals surface area (Å²) in [4.78, 5) is 10.9. The third-order valence-electron chi connectivity index (χ3n) is 2.72. The minimum Gasteiger partial charge on any atom is -0.480 e. The van der Waals surface area contributed by atoms with E-state index in [9.17, 15) is 13.2 Å². The number of ether oxygens (including phenoxy) is 2. The second kappa shape index (κ2) is 5.11. The van der Waals surface area contributed by atoms with Crippen LogP contribution in [0.25, 0.3) is 0 Å². The maximum absolute atomic E-state index is 12.0. The smallest absolute Gasteiger partial charge is 0.324 e. The van der Waals surface area contributed by atoms with Crippen LogP contribution in [0.2, 0.25) is 0 Å². The van der Waals surface area contributed by atoms with Crippen molar-refractivity contribution < 1.29 is 27.8 Å². The van der Waals surface area contributed by atoms with Crippen molar-refractivity contribution in [2.45, 2.75) is 29.9 Å². The number of carbonyl (C=O) groups is 1. The van der Waals surface area contributed by atoms with E-state index in [1.807, 2.05) is 0 Å². The Balaban J connectivity index is 2.93. The molecular weight excluding hydrogens is 236 g/mol. The molecule has 0 bridgehead atoms. The summed E-state index contributed by atoms with van der Waals surface area (Å²) in [6, 6.07) is 0. The zero-order valence-corrected chi connectivity index (χ0v) is 10.1. The van der Waals surface area contributed by atoms with Crippen LogP contribution in [0.1, 0.15) is 13.3 Å². The molecule has 0 aromatic carbocycles. The highest BCUT2D eigenvalue weighted by Crippen LogP contribution is 2.24. The van der Waals surface area contributed by atoms with Gasteiger partial charge in [-0.2, -0.15) is 0 Å². The lowest BCUT2D eigenvalue weighted by molar-refractivity contribution is -0.137. The molecule has 6 nitrogen and oxygen atoms in total. The minimum atomic E-state index is -3.76. The van der Waals surface area contributed by atoms with E-state index >= 15 is 0 Å². The van der Waals surface area contributed by atoms with Gasteiger partial charge in [-0.1, -0.05) is 0 Å². The highest BCUT2D eigenvalue weighted by Gasteiger charge is 2.44. The number of hydrogen-bond donors (Lipinski definition) is 1. The first kappa shape index (κ1) is 13.4. The number of carboxylic acids is 1. The lowest BCUT2D eigenvalue weighted by Crippen LogP contribution is -2.43. The summed E-state index contributed by atoms with van der Waals surface area (Å²) in [5.74, 6) is -1.37. The zero-order chi connectivity index (χ0) is 12.3. The molecule has 1 aliphatic heterocycles. The summed E-state index contributed by atoms with van der Waals surface area (Å²) >= 11 is 0. The number of carboxylic acid groups (broad SMARTS) is 1.